The van der Waals surface area contributed by atoms with Crippen LogP contribution in [0.25, 0.3) is 6.08 Å². The van der Waals surface area contributed by atoms with Crippen molar-refractivity contribution in [2.75, 3.05) is 0 Å². The number of fused-ring (bicyclic) bond motifs is 1. The van der Waals surface area contributed by atoms with Crippen LogP contribution in [0.15, 0.2) is 78.4 Å². The predicted molar refractivity (Wildman–Crippen MR) is 131 cm³/mol. The Morgan fingerprint density at radius 3 is 2.54 bits per heavy atom. The highest BCUT2D eigenvalue weighted by molar-refractivity contribution is 14.2. The largest absolute Gasteiger partial charge is 0.114 e. The summed E-state index contributed by atoms with van der Waals surface area (Å²) >= 11 is 0.00509. The molecule has 142 valence electrons. The van der Waals surface area contributed by atoms with E-state index in [2.05, 4.69) is 85.8 Å². The molecule has 0 radical (unpaired) electrons. The summed E-state index contributed by atoms with van der Waals surface area (Å²) in [4.78, 5) is 0. The van der Waals surface area contributed by atoms with E-state index in [1.807, 2.05) is 0 Å². The van der Waals surface area contributed by atoms with Crippen molar-refractivity contribution in [1.82, 2.24) is 0 Å². The number of hydrogen-bond acceptors (Lipinski definition) is 0. The van der Waals surface area contributed by atoms with E-state index in [9.17, 15) is 0 Å². The van der Waals surface area contributed by atoms with Crippen molar-refractivity contribution in [2.45, 2.75) is 42.4 Å². The summed E-state index contributed by atoms with van der Waals surface area (Å²) in [6, 6.07) is 18.3. The molecule has 0 nitrogen and oxygen atoms in total. The maximum atomic E-state index is 2.52. The van der Waals surface area contributed by atoms with Gasteiger partial charge in [0.05, 0.1) is 0 Å². The van der Waals surface area contributed by atoms with Crippen molar-refractivity contribution in [3.63, 3.8) is 0 Å². The van der Waals surface area contributed by atoms with Crippen LogP contribution in [-0.2, 0) is 6.42 Å². The zero-order chi connectivity index (χ0) is 18.9. The minimum atomic E-state index is 0.00509. The highest BCUT2D eigenvalue weighted by Gasteiger charge is 2.40. The van der Waals surface area contributed by atoms with Gasteiger partial charge in [-0.15, -0.1) is 20.7 Å². The van der Waals surface area contributed by atoms with Crippen LogP contribution < -0.4 is 0 Å². The van der Waals surface area contributed by atoms with E-state index in [0.29, 0.717) is 11.8 Å². The van der Waals surface area contributed by atoms with Crippen LogP contribution in [-0.4, -0.2) is 7.43 Å². The van der Waals surface area contributed by atoms with Gasteiger partial charge in [-0.05, 0) is 57.0 Å². The number of allylic oxidation sites excluding steroid dienone is 5. The van der Waals surface area contributed by atoms with E-state index < -0.39 is 0 Å². The van der Waals surface area contributed by atoms with Crippen LogP contribution >= 0.6 is 20.7 Å². The molecule has 3 atom stereocenters. The van der Waals surface area contributed by atoms with Crippen molar-refractivity contribution in [3.05, 3.63) is 101 Å². The number of benzene rings is 2. The Labute approximate surface area is 178 Å². The third-order valence-electron chi connectivity index (χ3n) is 6.30. The van der Waals surface area contributed by atoms with Crippen molar-refractivity contribution in [1.29, 1.82) is 0 Å². The lowest BCUT2D eigenvalue weighted by Crippen LogP contribution is -2.24. The molecule has 0 saturated carbocycles. The molecule has 2 aliphatic carbocycles. The Hall–Kier alpha value is -1.74. The number of hydrogen-bond donors (Lipinski definition) is 0. The minimum absolute atomic E-state index is 0.00509. The fourth-order valence-corrected chi connectivity index (χ4v) is 9.12. The molecule has 0 aromatic heterocycles. The summed E-state index contributed by atoms with van der Waals surface area (Å²) < 4.78 is 2.51. The Morgan fingerprint density at radius 1 is 0.857 bits per heavy atom. The lowest BCUT2D eigenvalue weighted by atomic mass is 9.73. The molecule has 0 saturated heterocycles. The summed E-state index contributed by atoms with van der Waals surface area (Å²) in [7, 11) is 0. The van der Waals surface area contributed by atoms with Gasteiger partial charge in [0.2, 0.25) is 0 Å². The maximum absolute atomic E-state index is 2.52. The topological polar surface area (TPSA) is 0 Å². The van der Waals surface area contributed by atoms with Gasteiger partial charge in [0.25, 0.3) is 0 Å². The summed E-state index contributed by atoms with van der Waals surface area (Å²) in [5, 5.41) is 0. The van der Waals surface area contributed by atoms with Crippen LogP contribution in [0.1, 0.15) is 54.4 Å². The van der Waals surface area contributed by atoms with E-state index in [0.717, 1.165) is 3.92 Å². The summed E-state index contributed by atoms with van der Waals surface area (Å²) in [6.45, 7) is 2.51. The summed E-state index contributed by atoms with van der Waals surface area (Å²) in [5.74, 6) is 1.15. The first-order valence-corrected chi connectivity index (χ1v) is 12.9. The van der Waals surface area contributed by atoms with Gasteiger partial charge in [-0.1, -0.05) is 85.8 Å². The quantitative estimate of drug-likeness (QED) is 0.323. The molecular formula is C27H27I. The Kier molecular flexibility index (Phi) is 5.19. The van der Waals surface area contributed by atoms with Gasteiger partial charge in [0, 0.05) is 15.8 Å². The molecule has 2 aromatic carbocycles. The smallest absolute Gasteiger partial charge is 0.0231 e. The fourth-order valence-electron chi connectivity index (χ4n) is 5.02. The lowest BCUT2D eigenvalue weighted by molar-refractivity contribution is 0.595. The first-order valence-electron chi connectivity index (χ1n) is 10.5. The monoisotopic (exact) mass is 478 g/mol. The van der Waals surface area contributed by atoms with Gasteiger partial charge in [0.1, 0.15) is 0 Å². The molecule has 28 heavy (non-hydrogen) atoms. The molecule has 1 heteroatoms. The molecule has 0 fully saturated rings. The van der Waals surface area contributed by atoms with Crippen molar-refractivity contribution >= 4 is 30.3 Å². The second-order valence-corrected chi connectivity index (χ2v) is 11.8. The molecule has 0 amide bonds. The highest BCUT2D eigenvalue weighted by Crippen LogP contribution is 2.50. The van der Waals surface area contributed by atoms with Crippen molar-refractivity contribution in [3.8, 4) is 0 Å². The van der Waals surface area contributed by atoms with Gasteiger partial charge in [0.15, 0.2) is 0 Å². The second-order valence-electron chi connectivity index (χ2n) is 8.05. The third-order valence-corrected chi connectivity index (χ3v) is 10.0. The second kappa shape index (κ2) is 7.94. The van der Waals surface area contributed by atoms with E-state index in [-0.39, 0.29) is 20.7 Å². The first-order chi connectivity index (χ1) is 13.8. The fraction of sp³-hybridized carbons (Fsp3) is 0.296. The number of rotatable bonds is 3. The zero-order valence-corrected chi connectivity index (χ0v) is 18.6. The van der Waals surface area contributed by atoms with Crippen molar-refractivity contribution in [2.24, 2.45) is 5.92 Å². The van der Waals surface area contributed by atoms with E-state index in [1.165, 1.54) is 42.4 Å². The number of aryl methyl sites for hydroxylation is 1. The van der Waals surface area contributed by atoms with Crippen molar-refractivity contribution < 1.29 is 0 Å². The van der Waals surface area contributed by atoms with Gasteiger partial charge in [-0.25, -0.2) is 0 Å². The predicted octanol–water partition coefficient (Wildman–Crippen LogP) is 7.22. The lowest BCUT2D eigenvalue weighted by Gasteiger charge is -2.30. The number of halogens is 1. The van der Waals surface area contributed by atoms with Gasteiger partial charge >= 0.3 is 0 Å². The van der Waals surface area contributed by atoms with E-state index in [4.69, 9.17) is 0 Å². The van der Waals surface area contributed by atoms with Crippen LogP contribution in [0.3, 0.4) is 0 Å². The third kappa shape index (κ3) is 3.28. The molecule has 1 aliphatic heterocycles. The summed E-state index contributed by atoms with van der Waals surface area (Å²) in [6.07, 6.45) is 16.9. The Morgan fingerprint density at radius 2 is 1.71 bits per heavy atom. The molecule has 0 bridgehead atoms. The van der Waals surface area contributed by atoms with Gasteiger partial charge in [-0.2, -0.15) is 0 Å². The molecular weight excluding hydrogens is 451 g/mol. The average Bonchev–Trinajstić information content (AvgIpc) is 3.11. The van der Waals surface area contributed by atoms with Crippen LogP contribution in [0.5, 0.6) is 0 Å². The van der Waals surface area contributed by atoms with Crippen LogP contribution in [0.4, 0.5) is 0 Å². The first kappa shape index (κ1) is 18.3. The highest BCUT2D eigenvalue weighted by atomic mass is 127. The SMILES string of the molecule is C[C@H]1I=C(c2ccccc2)C(c2cccc3c2C=CCC3)C1C1=CCCC=C1. The normalized spacial score (nSPS) is 26.2. The molecule has 1 heterocycles. The van der Waals surface area contributed by atoms with Gasteiger partial charge in [-0.3, -0.25) is 0 Å². The molecule has 0 N–H and O–H groups in total. The number of alkyl halides is 1. The van der Waals surface area contributed by atoms with Gasteiger partial charge < -0.3 is 0 Å². The molecule has 5 rings (SSSR count). The zero-order valence-electron chi connectivity index (χ0n) is 16.4. The van der Waals surface area contributed by atoms with E-state index >= 15 is 0 Å². The Balaban J connectivity index is 1.68. The average molecular weight is 478 g/mol. The van der Waals surface area contributed by atoms with Crippen LogP contribution in [0, 0.1) is 5.92 Å². The minimum Gasteiger partial charge on any atom is -0.114 e. The molecule has 3 aliphatic rings. The standard InChI is InChI=1S/C27H27I/c1-19-25(21-12-4-2-5-13-21)26(27(28-19)22-14-6-3-7-15-22)24-18-10-16-20-11-8-9-17-23(20)24/h3-4,6-7,9-10,12-19,25-26H,2,5,8,11H2,1H3/t19-,25?,26?/m1/s1. The molecule has 0 spiro atoms. The van der Waals surface area contributed by atoms with Crippen LogP contribution in [0.2, 0.25) is 0 Å². The molecule has 2 unspecified atom stereocenters. The maximum Gasteiger partial charge on any atom is 0.0231 e. The summed E-state index contributed by atoms with van der Waals surface area (Å²) in [5.41, 5.74) is 7.69. The Bertz CT molecular complexity index is 990. The molecule has 2 aromatic rings. The van der Waals surface area contributed by atoms with E-state index in [1.54, 1.807) is 14.6 Å².